The Morgan fingerprint density at radius 1 is 0.765 bits per heavy atom. The summed E-state index contributed by atoms with van der Waals surface area (Å²) < 4.78 is 50.3. The van der Waals surface area contributed by atoms with Gasteiger partial charge in [0.25, 0.3) is 0 Å². The van der Waals surface area contributed by atoms with Crippen LogP contribution in [-0.4, -0.2) is 15.0 Å². The number of nitrogens with zero attached hydrogens (tertiary/aromatic N) is 3. The molecule has 0 spiro atoms. The summed E-state index contributed by atoms with van der Waals surface area (Å²) >= 11 is 0. The van der Waals surface area contributed by atoms with Crippen LogP contribution in [-0.2, 0) is 20.1 Å². The second-order valence-electron chi connectivity index (χ2n) is 7.19. The molecular weight excluding hydrogens is 599 g/mol. The molecule has 0 aliphatic rings. The van der Waals surface area contributed by atoms with Gasteiger partial charge >= 0.3 is 0 Å². The van der Waals surface area contributed by atoms with E-state index < -0.39 is 13.7 Å². The van der Waals surface area contributed by atoms with E-state index in [4.69, 9.17) is 12.6 Å². The fourth-order valence-corrected chi connectivity index (χ4v) is 3.43. The molecule has 5 heteroatoms. The van der Waals surface area contributed by atoms with Crippen LogP contribution in [0.4, 0.5) is 0 Å². The van der Waals surface area contributed by atoms with Crippen molar-refractivity contribution in [3.05, 3.63) is 115 Å². The molecule has 0 amide bonds. The molecule has 0 bridgehead atoms. The SMILES string of the molecule is [2H]C([2H])([2H])c1ccc(-c2[c-]cccc2)nc1.[2H]C([2H])([2H])c1ncc[c-]c1-c1cc2c(cn1)oc1ccccc12.[Ir]. The number of furan rings is 1. The van der Waals surface area contributed by atoms with E-state index in [1.54, 1.807) is 30.5 Å². The fourth-order valence-electron chi connectivity index (χ4n) is 3.43. The van der Waals surface area contributed by atoms with Gasteiger partial charge in [0, 0.05) is 45.3 Å². The number of aromatic nitrogens is 3. The Labute approximate surface area is 220 Å². The van der Waals surface area contributed by atoms with E-state index >= 15 is 0 Å². The Kier molecular flexibility index (Phi) is 5.22. The van der Waals surface area contributed by atoms with E-state index in [2.05, 4.69) is 27.1 Å². The van der Waals surface area contributed by atoms with E-state index in [1.807, 2.05) is 48.5 Å². The van der Waals surface area contributed by atoms with Crippen molar-refractivity contribution < 1.29 is 32.7 Å². The smallest absolute Gasteiger partial charge is 0.151 e. The summed E-state index contributed by atoms with van der Waals surface area (Å²) in [5.74, 6) is 0. The molecule has 0 unspecified atom stereocenters. The first-order valence-electron chi connectivity index (χ1n) is 13.2. The number of pyridine rings is 3. The van der Waals surface area contributed by atoms with E-state index in [1.165, 1.54) is 12.4 Å². The molecule has 34 heavy (non-hydrogen) atoms. The van der Waals surface area contributed by atoms with Gasteiger partial charge in [-0.15, -0.1) is 53.6 Å². The van der Waals surface area contributed by atoms with Crippen LogP contribution < -0.4 is 0 Å². The minimum atomic E-state index is -2.32. The molecule has 0 aliphatic heterocycles. The standard InChI is InChI=1S/C17H11N2O.C12H10N.Ir/c1-11-12(6-4-8-18-11)15-9-14-13-5-2-3-7-16(13)20-17(14)10-19-15;1-10-7-8-12(13-9-10)11-5-3-2-4-6-11;/h2-5,7-10H,1H3;2-5,7-9H,1H3;/q2*-1;/i2*1D3;. The number of benzene rings is 2. The van der Waals surface area contributed by atoms with Gasteiger partial charge < -0.3 is 19.4 Å². The molecular formula is C29H21IrN3O-2. The van der Waals surface area contributed by atoms with Crippen molar-refractivity contribution in [2.45, 2.75) is 13.7 Å². The van der Waals surface area contributed by atoms with Crippen LogP contribution in [0.1, 0.15) is 19.5 Å². The Morgan fingerprint density at radius 3 is 2.44 bits per heavy atom. The third-order valence-electron chi connectivity index (χ3n) is 5.01. The van der Waals surface area contributed by atoms with Gasteiger partial charge in [-0.2, -0.15) is 0 Å². The second kappa shape index (κ2) is 10.5. The van der Waals surface area contributed by atoms with Crippen LogP contribution in [0.5, 0.6) is 0 Å². The minimum absolute atomic E-state index is 0. The van der Waals surface area contributed by atoms with E-state index in [-0.39, 0.29) is 31.4 Å². The number of para-hydroxylation sites is 1. The molecule has 4 nitrogen and oxygen atoms in total. The predicted octanol–water partition coefficient (Wildman–Crippen LogP) is 7.01. The molecule has 0 fully saturated rings. The molecule has 169 valence electrons. The summed E-state index contributed by atoms with van der Waals surface area (Å²) in [5.41, 5.74) is 4.19. The van der Waals surface area contributed by atoms with Gasteiger partial charge in [-0.05, 0) is 35.6 Å². The van der Waals surface area contributed by atoms with Gasteiger partial charge in [-0.1, -0.05) is 49.4 Å². The van der Waals surface area contributed by atoms with Gasteiger partial charge in [0.1, 0.15) is 5.58 Å². The largest absolute Gasteiger partial charge is 0.455 e. The Hall–Kier alpha value is -3.66. The first-order chi connectivity index (χ1) is 18.6. The van der Waals surface area contributed by atoms with Crippen molar-refractivity contribution in [1.82, 2.24) is 15.0 Å². The normalized spacial score (nSPS) is 13.8. The van der Waals surface area contributed by atoms with Crippen LogP contribution in [0, 0.1) is 25.8 Å². The van der Waals surface area contributed by atoms with Crippen molar-refractivity contribution >= 4 is 21.9 Å². The van der Waals surface area contributed by atoms with Gasteiger partial charge in [-0.25, -0.2) is 0 Å². The summed E-state index contributed by atoms with van der Waals surface area (Å²) in [5, 5.41) is 1.85. The molecule has 6 rings (SSSR count). The minimum Gasteiger partial charge on any atom is -0.455 e. The summed E-state index contributed by atoms with van der Waals surface area (Å²) in [6, 6.07) is 27.8. The number of rotatable bonds is 2. The van der Waals surface area contributed by atoms with Crippen LogP contribution in [0.15, 0.2) is 95.8 Å². The van der Waals surface area contributed by atoms with Crippen LogP contribution in [0.2, 0.25) is 0 Å². The van der Waals surface area contributed by atoms with Crippen molar-refractivity contribution in [2.75, 3.05) is 0 Å². The van der Waals surface area contributed by atoms with Crippen molar-refractivity contribution in [1.29, 1.82) is 0 Å². The first kappa shape index (κ1) is 16.9. The average Bonchev–Trinajstić information content (AvgIpc) is 3.31. The van der Waals surface area contributed by atoms with Crippen LogP contribution in [0.3, 0.4) is 0 Å². The Balaban J connectivity index is 0.000000192. The number of hydrogen-bond acceptors (Lipinski definition) is 4. The Bertz CT molecular complexity index is 1730. The summed E-state index contributed by atoms with van der Waals surface area (Å²) in [6.07, 6.45) is 4.43. The molecule has 1 radical (unpaired) electrons. The van der Waals surface area contributed by atoms with Crippen LogP contribution in [0.25, 0.3) is 44.5 Å². The molecule has 4 aromatic heterocycles. The third-order valence-corrected chi connectivity index (χ3v) is 5.01. The zero-order valence-corrected chi connectivity index (χ0v) is 20.1. The molecule has 0 saturated heterocycles. The number of aryl methyl sites for hydroxylation is 2. The molecule has 0 atom stereocenters. The molecule has 2 aromatic carbocycles. The van der Waals surface area contributed by atoms with Gasteiger partial charge in [0.05, 0.1) is 6.20 Å². The fraction of sp³-hybridized carbons (Fsp3) is 0.0690. The predicted molar refractivity (Wildman–Crippen MR) is 132 cm³/mol. The molecule has 0 aliphatic carbocycles. The maximum Gasteiger partial charge on any atom is 0.151 e. The number of fused-ring (bicyclic) bond motifs is 3. The van der Waals surface area contributed by atoms with Gasteiger partial charge in [-0.3, -0.25) is 0 Å². The monoisotopic (exact) mass is 626 g/mol. The van der Waals surface area contributed by atoms with Crippen molar-refractivity contribution in [2.24, 2.45) is 0 Å². The number of hydrogen-bond donors (Lipinski definition) is 0. The molecule has 0 N–H and O–H groups in total. The molecule has 0 saturated carbocycles. The van der Waals surface area contributed by atoms with Gasteiger partial charge in [0.15, 0.2) is 5.58 Å². The van der Waals surface area contributed by atoms with Crippen LogP contribution >= 0.6 is 0 Å². The van der Waals surface area contributed by atoms with Gasteiger partial charge in [0.2, 0.25) is 0 Å². The molecule has 4 heterocycles. The van der Waals surface area contributed by atoms with Crippen molar-refractivity contribution in [3.63, 3.8) is 0 Å². The Morgan fingerprint density at radius 2 is 1.65 bits per heavy atom. The first-order valence-corrected chi connectivity index (χ1v) is 10.2. The third kappa shape index (κ3) is 4.96. The quantitative estimate of drug-likeness (QED) is 0.195. The summed E-state index contributed by atoms with van der Waals surface area (Å²) in [4.78, 5) is 12.5. The van der Waals surface area contributed by atoms with E-state index in [9.17, 15) is 0 Å². The maximum absolute atomic E-state index is 7.63. The summed E-state index contributed by atoms with van der Waals surface area (Å²) in [7, 11) is 0. The average molecular weight is 626 g/mol. The molecule has 6 aromatic rings. The second-order valence-corrected chi connectivity index (χ2v) is 7.19. The van der Waals surface area contributed by atoms with E-state index in [0.29, 0.717) is 16.8 Å². The van der Waals surface area contributed by atoms with Crippen molar-refractivity contribution in [3.8, 4) is 22.5 Å². The summed E-state index contributed by atoms with van der Waals surface area (Å²) in [6.45, 7) is -4.41. The zero-order valence-electron chi connectivity index (χ0n) is 23.7. The topological polar surface area (TPSA) is 51.8 Å². The maximum atomic E-state index is 7.63. The van der Waals surface area contributed by atoms with E-state index in [0.717, 1.165) is 27.6 Å². The zero-order chi connectivity index (χ0) is 27.6.